The average Bonchev–Trinajstić information content (AvgIpc) is 3.08. The molecular formula is C25H37ClN2O. The summed E-state index contributed by atoms with van der Waals surface area (Å²) in [4.78, 5) is 15.0. The lowest BCUT2D eigenvalue weighted by Gasteiger charge is -2.36. The van der Waals surface area contributed by atoms with Crippen LogP contribution in [0.4, 0.5) is 0 Å². The number of rotatable bonds is 11. The van der Waals surface area contributed by atoms with Gasteiger partial charge in [-0.15, -0.1) is 0 Å². The van der Waals surface area contributed by atoms with E-state index in [0.717, 1.165) is 35.7 Å². The van der Waals surface area contributed by atoms with Crippen molar-refractivity contribution in [3.8, 4) is 0 Å². The predicted octanol–water partition coefficient (Wildman–Crippen LogP) is 7.07. The van der Waals surface area contributed by atoms with E-state index in [1.807, 2.05) is 23.1 Å². The van der Waals surface area contributed by atoms with Crippen LogP contribution in [-0.2, 0) is 17.9 Å². The molecule has 3 nitrogen and oxygen atoms in total. The first-order valence-electron chi connectivity index (χ1n) is 11.0. The Morgan fingerprint density at radius 3 is 2.45 bits per heavy atom. The van der Waals surface area contributed by atoms with E-state index in [2.05, 4.69) is 56.7 Å². The van der Waals surface area contributed by atoms with Crippen LogP contribution in [0.3, 0.4) is 0 Å². The molecule has 160 valence electrons. The third-order valence-corrected chi connectivity index (χ3v) is 5.58. The molecule has 2 rings (SSSR count). The molecule has 1 amide bonds. The molecule has 2 aromatic rings. The van der Waals surface area contributed by atoms with Gasteiger partial charge in [-0.1, -0.05) is 62.8 Å². The number of hydrogen-bond donors (Lipinski definition) is 0. The zero-order valence-corrected chi connectivity index (χ0v) is 19.3. The summed E-state index contributed by atoms with van der Waals surface area (Å²) in [5.41, 5.74) is 2.11. The van der Waals surface area contributed by atoms with Crippen LogP contribution >= 0.6 is 11.6 Å². The quantitative estimate of drug-likeness (QED) is 0.359. The van der Waals surface area contributed by atoms with Crippen LogP contribution in [0.1, 0.15) is 83.9 Å². The van der Waals surface area contributed by atoms with Crippen LogP contribution < -0.4 is 0 Å². The van der Waals surface area contributed by atoms with Crippen molar-refractivity contribution in [2.75, 3.05) is 0 Å². The van der Waals surface area contributed by atoms with Gasteiger partial charge >= 0.3 is 0 Å². The molecule has 0 aliphatic heterocycles. The highest BCUT2D eigenvalue weighted by Crippen LogP contribution is 2.21. The molecule has 1 aromatic heterocycles. The molecule has 0 saturated heterocycles. The fraction of sp³-hybridized carbons (Fsp3) is 0.560. The standard InChI is InChI=1S/C25H37ClN2O/c1-5-6-7-8-9-10-16-24(29)28(25(2,3)4)20-23-15-12-17-27(23)19-21-13-11-14-22(26)18-21/h11-15,17-18H,5-10,16,19-20H2,1-4H3. The number of carbonyl (C=O) groups is 1. The van der Waals surface area contributed by atoms with E-state index in [-0.39, 0.29) is 11.4 Å². The molecule has 0 aliphatic rings. The zero-order valence-electron chi connectivity index (χ0n) is 18.6. The summed E-state index contributed by atoms with van der Waals surface area (Å²) in [5, 5.41) is 0.752. The molecule has 0 fully saturated rings. The van der Waals surface area contributed by atoms with Gasteiger partial charge in [0.15, 0.2) is 0 Å². The van der Waals surface area contributed by atoms with E-state index in [9.17, 15) is 4.79 Å². The lowest BCUT2D eigenvalue weighted by Crippen LogP contribution is -2.45. The highest BCUT2D eigenvalue weighted by Gasteiger charge is 2.26. The summed E-state index contributed by atoms with van der Waals surface area (Å²) in [6.07, 6.45) is 9.92. The van der Waals surface area contributed by atoms with Crippen molar-refractivity contribution in [2.24, 2.45) is 0 Å². The molecule has 0 unspecified atom stereocenters. The van der Waals surface area contributed by atoms with Crippen LogP contribution in [0.2, 0.25) is 5.02 Å². The van der Waals surface area contributed by atoms with Gasteiger partial charge < -0.3 is 9.47 Å². The average molecular weight is 417 g/mol. The van der Waals surface area contributed by atoms with Gasteiger partial charge in [0.25, 0.3) is 0 Å². The van der Waals surface area contributed by atoms with Crippen LogP contribution in [0.15, 0.2) is 42.6 Å². The van der Waals surface area contributed by atoms with Crippen molar-refractivity contribution in [2.45, 2.75) is 91.3 Å². The fourth-order valence-electron chi connectivity index (χ4n) is 3.63. The number of halogens is 1. The Kier molecular flexibility index (Phi) is 9.29. The molecule has 1 aromatic carbocycles. The van der Waals surface area contributed by atoms with Crippen LogP contribution in [0.5, 0.6) is 0 Å². The number of unbranched alkanes of at least 4 members (excludes halogenated alkanes) is 5. The van der Waals surface area contributed by atoms with E-state index in [4.69, 9.17) is 11.6 Å². The van der Waals surface area contributed by atoms with Crippen LogP contribution in [-0.4, -0.2) is 20.9 Å². The Bertz CT molecular complexity index is 760. The zero-order chi connectivity index (χ0) is 21.3. The molecule has 4 heteroatoms. The first-order chi connectivity index (χ1) is 13.8. The van der Waals surface area contributed by atoms with Crippen LogP contribution in [0.25, 0.3) is 0 Å². The minimum atomic E-state index is -0.204. The Morgan fingerprint density at radius 1 is 1.03 bits per heavy atom. The predicted molar refractivity (Wildman–Crippen MR) is 123 cm³/mol. The minimum Gasteiger partial charge on any atom is -0.345 e. The van der Waals surface area contributed by atoms with Gasteiger partial charge in [-0.25, -0.2) is 0 Å². The van der Waals surface area contributed by atoms with E-state index in [0.29, 0.717) is 13.0 Å². The Morgan fingerprint density at radius 2 is 1.76 bits per heavy atom. The number of benzene rings is 1. The second kappa shape index (κ2) is 11.4. The summed E-state index contributed by atoms with van der Waals surface area (Å²) < 4.78 is 2.21. The second-order valence-corrected chi connectivity index (χ2v) is 9.36. The highest BCUT2D eigenvalue weighted by atomic mass is 35.5. The Labute approximate surface area is 182 Å². The summed E-state index contributed by atoms with van der Waals surface area (Å²) in [6.45, 7) is 9.98. The molecule has 0 bridgehead atoms. The summed E-state index contributed by atoms with van der Waals surface area (Å²) in [7, 11) is 0. The third kappa shape index (κ3) is 7.89. The van der Waals surface area contributed by atoms with Gasteiger partial charge in [-0.05, 0) is 57.0 Å². The van der Waals surface area contributed by atoms with E-state index in [1.54, 1.807) is 0 Å². The molecule has 1 heterocycles. The molecule has 29 heavy (non-hydrogen) atoms. The summed E-state index contributed by atoms with van der Waals surface area (Å²) >= 11 is 6.14. The second-order valence-electron chi connectivity index (χ2n) is 8.93. The third-order valence-electron chi connectivity index (χ3n) is 5.34. The lowest BCUT2D eigenvalue weighted by molar-refractivity contribution is -0.137. The van der Waals surface area contributed by atoms with Gasteiger partial charge in [0.05, 0.1) is 6.54 Å². The number of amides is 1. The summed E-state index contributed by atoms with van der Waals surface area (Å²) in [6, 6.07) is 12.1. The van der Waals surface area contributed by atoms with Crippen molar-refractivity contribution >= 4 is 17.5 Å². The first kappa shape index (κ1) is 23.5. The topological polar surface area (TPSA) is 25.2 Å². The van der Waals surface area contributed by atoms with E-state index in [1.165, 1.54) is 25.7 Å². The van der Waals surface area contributed by atoms with Crippen LogP contribution in [0, 0.1) is 0 Å². The molecule has 0 aliphatic carbocycles. The molecule has 0 radical (unpaired) electrons. The van der Waals surface area contributed by atoms with E-state index < -0.39 is 0 Å². The van der Waals surface area contributed by atoms with Crippen molar-refractivity contribution in [3.63, 3.8) is 0 Å². The maximum Gasteiger partial charge on any atom is 0.223 e. The molecule has 0 N–H and O–H groups in total. The van der Waals surface area contributed by atoms with E-state index >= 15 is 0 Å². The van der Waals surface area contributed by atoms with Gasteiger partial charge in [-0.2, -0.15) is 0 Å². The summed E-state index contributed by atoms with van der Waals surface area (Å²) in [5.74, 6) is 0.253. The largest absolute Gasteiger partial charge is 0.345 e. The van der Waals surface area contributed by atoms with Crippen molar-refractivity contribution in [1.82, 2.24) is 9.47 Å². The van der Waals surface area contributed by atoms with Gasteiger partial charge in [-0.3, -0.25) is 4.79 Å². The fourth-order valence-corrected chi connectivity index (χ4v) is 3.85. The Hall–Kier alpha value is -1.74. The monoisotopic (exact) mass is 416 g/mol. The Balaban J connectivity index is 2.00. The maximum atomic E-state index is 13.0. The van der Waals surface area contributed by atoms with Gasteiger partial charge in [0, 0.05) is 35.4 Å². The normalized spacial score (nSPS) is 11.6. The SMILES string of the molecule is CCCCCCCCC(=O)N(Cc1cccn1Cc1cccc(Cl)c1)C(C)(C)C. The van der Waals surface area contributed by atoms with Crippen molar-refractivity contribution < 1.29 is 4.79 Å². The van der Waals surface area contributed by atoms with Crippen molar-refractivity contribution in [3.05, 3.63) is 58.9 Å². The molecule has 0 spiro atoms. The van der Waals surface area contributed by atoms with Crippen molar-refractivity contribution in [1.29, 1.82) is 0 Å². The van der Waals surface area contributed by atoms with Gasteiger partial charge in [0.2, 0.25) is 5.91 Å². The molecule has 0 atom stereocenters. The minimum absolute atomic E-state index is 0.204. The molecular weight excluding hydrogens is 380 g/mol. The number of aromatic nitrogens is 1. The number of hydrogen-bond acceptors (Lipinski definition) is 1. The smallest absolute Gasteiger partial charge is 0.223 e. The number of carbonyl (C=O) groups excluding carboxylic acids is 1. The first-order valence-corrected chi connectivity index (χ1v) is 11.4. The lowest BCUT2D eigenvalue weighted by atomic mass is 10.0. The maximum absolute atomic E-state index is 13.0. The highest BCUT2D eigenvalue weighted by molar-refractivity contribution is 6.30. The van der Waals surface area contributed by atoms with Gasteiger partial charge in [0.1, 0.15) is 0 Å². The molecule has 0 saturated carbocycles. The number of nitrogens with zero attached hydrogens (tertiary/aromatic N) is 2.